The van der Waals surface area contributed by atoms with Crippen LogP contribution in [0, 0.1) is 0 Å². The molecule has 0 aromatic heterocycles. The predicted molar refractivity (Wildman–Crippen MR) is 183 cm³/mol. The number of hydrogen-bond donors (Lipinski definition) is 3. The molecule has 0 saturated carbocycles. The molecule has 0 atom stereocenters. The van der Waals surface area contributed by atoms with E-state index in [1.807, 2.05) is 49.2 Å². The Balaban J connectivity index is 0. The van der Waals surface area contributed by atoms with Crippen molar-refractivity contribution in [3.05, 3.63) is 97.2 Å². The molecule has 0 spiro atoms. The van der Waals surface area contributed by atoms with E-state index in [9.17, 15) is 28.8 Å². The van der Waals surface area contributed by atoms with Crippen molar-refractivity contribution in [3.63, 3.8) is 0 Å². The zero-order valence-electron chi connectivity index (χ0n) is 28.1. The number of aldehydes is 1. The van der Waals surface area contributed by atoms with Gasteiger partial charge in [-0.2, -0.15) is 0 Å². The molecule has 0 fully saturated rings. The maximum absolute atomic E-state index is 11.9. The molecule has 258 valence electrons. The summed E-state index contributed by atoms with van der Waals surface area (Å²) in [7, 11) is 1.92. The minimum absolute atomic E-state index is 0.136. The van der Waals surface area contributed by atoms with Crippen molar-refractivity contribution in [2.24, 2.45) is 0 Å². The van der Waals surface area contributed by atoms with Crippen LogP contribution in [0.1, 0.15) is 39.7 Å². The third-order valence-electron chi connectivity index (χ3n) is 5.60. The predicted octanol–water partition coefficient (Wildman–Crippen LogP) is 3.23. The maximum atomic E-state index is 11.9. The lowest BCUT2D eigenvalue weighted by atomic mass is 10.2. The molecule has 1 aromatic rings. The summed E-state index contributed by atoms with van der Waals surface area (Å²) >= 11 is 0. The van der Waals surface area contributed by atoms with Crippen LogP contribution in [0.3, 0.4) is 0 Å². The quantitative estimate of drug-likeness (QED) is 0.0934. The highest BCUT2D eigenvalue weighted by atomic mass is 16.5. The third-order valence-corrected chi connectivity index (χ3v) is 5.60. The Labute approximate surface area is 278 Å². The first-order chi connectivity index (χ1) is 22.3. The van der Waals surface area contributed by atoms with Crippen LogP contribution in [0.2, 0.25) is 0 Å². The first-order valence-corrected chi connectivity index (χ1v) is 15.0. The minimum Gasteiger partial charge on any atom is -0.480 e. The number of carbonyl (C=O) groups is 6. The largest absolute Gasteiger partial charge is 0.480 e. The summed E-state index contributed by atoms with van der Waals surface area (Å²) in [4.78, 5) is 69.1. The zero-order valence-corrected chi connectivity index (χ0v) is 28.1. The van der Waals surface area contributed by atoms with E-state index in [-0.39, 0.29) is 17.9 Å². The number of carboxylic acid groups (broad SMARTS) is 1. The Kier molecular flexibility index (Phi) is 26.6. The number of benzene rings is 1. The van der Waals surface area contributed by atoms with Gasteiger partial charge in [-0.15, -0.1) is 0 Å². The fourth-order valence-electron chi connectivity index (χ4n) is 3.36. The number of carboxylic acids is 1. The molecule has 0 radical (unpaired) electrons. The van der Waals surface area contributed by atoms with Gasteiger partial charge in [-0.1, -0.05) is 68.6 Å². The number of hydrogen-bond acceptors (Lipinski definition) is 8. The zero-order chi connectivity index (χ0) is 36.0. The number of allylic oxidation sites excluding steroid dienone is 3. The fourth-order valence-corrected chi connectivity index (χ4v) is 3.36. The van der Waals surface area contributed by atoms with Crippen molar-refractivity contribution in [2.75, 3.05) is 39.8 Å². The van der Waals surface area contributed by atoms with Gasteiger partial charge in [0.25, 0.3) is 0 Å². The molecule has 1 rings (SSSR count). The van der Waals surface area contributed by atoms with Crippen LogP contribution in [-0.4, -0.2) is 96.7 Å². The van der Waals surface area contributed by atoms with E-state index in [4.69, 9.17) is 9.84 Å². The summed E-state index contributed by atoms with van der Waals surface area (Å²) in [6.07, 6.45) is 11.1. The molecule has 3 N–H and O–H groups in total. The average Bonchev–Trinajstić information content (AvgIpc) is 3.03. The van der Waals surface area contributed by atoms with Gasteiger partial charge in [0, 0.05) is 37.4 Å². The SMILES string of the molecule is C=C/C=C(\C=C)CNC(=O)/C=C/C=O.CC(C)N(CC(=O)O)C(=O)/C=C/C(=O)NCc1ccccc1.CCCN(C)CC(=O)OCC. The minimum atomic E-state index is -1.09. The van der Waals surface area contributed by atoms with Crippen LogP contribution < -0.4 is 10.6 Å². The number of aliphatic carboxylic acids is 1. The molecule has 0 aliphatic heterocycles. The van der Waals surface area contributed by atoms with Gasteiger partial charge in [0.05, 0.1) is 13.2 Å². The van der Waals surface area contributed by atoms with Crippen LogP contribution in [0.25, 0.3) is 0 Å². The normalized spacial score (nSPS) is 10.7. The lowest BCUT2D eigenvalue weighted by Gasteiger charge is -2.23. The molecular formula is C35H50N4O8. The summed E-state index contributed by atoms with van der Waals surface area (Å²) in [5.41, 5.74) is 1.80. The first-order valence-electron chi connectivity index (χ1n) is 15.0. The summed E-state index contributed by atoms with van der Waals surface area (Å²) in [6, 6.07) is 9.11. The second-order valence-corrected chi connectivity index (χ2v) is 9.93. The molecule has 12 nitrogen and oxygen atoms in total. The van der Waals surface area contributed by atoms with Crippen LogP contribution in [0.15, 0.2) is 91.6 Å². The van der Waals surface area contributed by atoms with E-state index in [2.05, 4.69) is 30.7 Å². The molecule has 0 bridgehead atoms. The molecule has 0 unspecified atom stereocenters. The Hall–Kier alpha value is -5.10. The third kappa shape index (κ3) is 25.9. The van der Waals surface area contributed by atoms with Gasteiger partial charge in [0.2, 0.25) is 17.7 Å². The van der Waals surface area contributed by atoms with Crippen molar-refractivity contribution < 1.29 is 38.6 Å². The summed E-state index contributed by atoms with van der Waals surface area (Å²) < 4.78 is 4.78. The molecule has 0 heterocycles. The Bertz CT molecular complexity index is 1220. The maximum Gasteiger partial charge on any atom is 0.323 e. The number of rotatable bonds is 18. The van der Waals surface area contributed by atoms with Gasteiger partial charge in [0.15, 0.2) is 0 Å². The van der Waals surface area contributed by atoms with E-state index in [1.165, 1.54) is 11.0 Å². The number of ether oxygens (including phenoxy) is 1. The van der Waals surface area contributed by atoms with Crippen LogP contribution in [-0.2, 0) is 40.0 Å². The molecule has 47 heavy (non-hydrogen) atoms. The summed E-state index contributed by atoms with van der Waals surface area (Å²) in [5, 5.41) is 14.0. The van der Waals surface area contributed by atoms with Gasteiger partial charge >= 0.3 is 11.9 Å². The standard InChI is InChI=1S/C16H20N2O4.C11H13NO2.C8H17NO2/c1-12(2)18(11-16(21)22)15(20)9-8-14(19)17-10-13-6-4-3-5-7-13;1-3-6-10(4-2)9-12-11(14)7-5-8-13;1-4-6-9(3)7-8(10)11-5-2/h3-9,12H,10-11H2,1-2H3,(H,17,19)(H,21,22);3-8H,1-2,9H2,(H,12,14);4-7H2,1-3H3/b9-8+;7-5+,10-6+;. The highest BCUT2D eigenvalue weighted by molar-refractivity contribution is 5.97. The Morgan fingerprint density at radius 3 is 2.11 bits per heavy atom. The molecular weight excluding hydrogens is 604 g/mol. The van der Waals surface area contributed by atoms with Crippen molar-refractivity contribution in [1.29, 1.82) is 0 Å². The molecule has 0 aliphatic rings. The fraction of sp³-hybridized carbons (Fsp3) is 0.371. The van der Waals surface area contributed by atoms with Crippen molar-refractivity contribution in [1.82, 2.24) is 20.4 Å². The molecule has 3 amide bonds. The topological polar surface area (TPSA) is 162 Å². The van der Waals surface area contributed by atoms with Gasteiger partial charge < -0.3 is 25.4 Å². The van der Waals surface area contributed by atoms with E-state index in [0.29, 0.717) is 32.5 Å². The number of nitrogens with zero attached hydrogens (tertiary/aromatic N) is 2. The van der Waals surface area contributed by atoms with Crippen molar-refractivity contribution >= 4 is 35.9 Å². The van der Waals surface area contributed by atoms with Crippen LogP contribution >= 0.6 is 0 Å². The number of amides is 3. The second-order valence-electron chi connectivity index (χ2n) is 9.93. The monoisotopic (exact) mass is 654 g/mol. The summed E-state index contributed by atoms with van der Waals surface area (Å²) in [6.45, 7) is 16.6. The van der Waals surface area contributed by atoms with Crippen molar-refractivity contribution in [3.8, 4) is 0 Å². The molecule has 0 aliphatic carbocycles. The van der Waals surface area contributed by atoms with E-state index < -0.39 is 24.3 Å². The lowest BCUT2D eigenvalue weighted by Crippen LogP contribution is -2.39. The van der Waals surface area contributed by atoms with Gasteiger partial charge in [-0.25, -0.2) is 0 Å². The number of nitrogens with one attached hydrogen (secondary N) is 2. The number of likely N-dealkylation sites (N-methyl/N-ethyl adjacent to an activating group) is 1. The van der Waals surface area contributed by atoms with Gasteiger partial charge in [0.1, 0.15) is 12.8 Å². The van der Waals surface area contributed by atoms with E-state index >= 15 is 0 Å². The average molecular weight is 655 g/mol. The number of carbonyl (C=O) groups excluding carboxylic acids is 5. The molecule has 1 aromatic carbocycles. The lowest BCUT2D eigenvalue weighted by molar-refractivity contribution is -0.144. The van der Waals surface area contributed by atoms with E-state index in [0.717, 1.165) is 42.3 Å². The molecule has 12 heteroatoms. The van der Waals surface area contributed by atoms with Crippen molar-refractivity contribution in [2.45, 2.75) is 46.7 Å². The molecule has 0 saturated heterocycles. The Morgan fingerprint density at radius 1 is 0.957 bits per heavy atom. The highest BCUT2D eigenvalue weighted by Gasteiger charge is 2.17. The van der Waals surface area contributed by atoms with E-state index in [1.54, 1.807) is 32.1 Å². The highest BCUT2D eigenvalue weighted by Crippen LogP contribution is 2.01. The van der Waals surface area contributed by atoms with Gasteiger partial charge in [-0.05, 0) is 58.0 Å². The smallest absolute Gasteiger partial charge is 0.323 e. The Morgan fingerprint density at radius 2 is 1.60 bits per heavy atom. The summed E-state index contributed by atoms with van der Waals surface area (Å²) in [5.74, 6) is -2.45. The number of esters is 1. The van der Waals surface area contributed by atoms with Gasteiger partial charge in [-0.3, -0.25) is 33.7 Å². The van der Waals surface area contributed by atoms with Crippen LogP contribution in [0.5, 0.6) is 0 Å². The van der Waals surface area contributed by atoms with Crippen LogP contribution in [0.4, 0.5) is 0 Å². The second kappa shape index (κ2) is 28.4. The first kappa shape index (κ1) is 44.0.